The van der Waals surface area contributed by atoms with Crippen LogP contribution in [0.1, 0.15) is 31.2 Å². The lowest BCUT2D eigenvalue weighted by molar-refractivity contribution is 0.230. The molecule has 2 saturated carbocycles. The Morgan fingerprint density at radius 1 is 1.20 bits per heavy atom. The Hall–Kier alpha value is -1.06. The van der Waals surface area contributed by atoms with Gasteiger partial charge in [0, 0.05) is 31.2 Å². The summed E-state index contributed by atoms with van der Waals surface area (Å²) in [5.74, 6) is 2.00. The second-order valence-corrected chi connectivity index (χ2v) is 6.32. The maximum atomic E-state index is 5.98. The Balaban J connectivity index is 1.42. The molecule has 110 valence electrons. The van der Waals surface area contributed by atoms with Gasteiger partial charge in [-0.3, -0.25) is 0 Å². The van der Waals surface area contributed by atoms with Gasteiger partial charge >= 0.3 is 0 Å². The number of hydrogen-bond acceptors (Lipinski definition) is 3. The van der Waals surface area contributed by atoms with Gasteiger partial charge in [0.05, 0.1) is 0 Å². The standard InChI is InChI=1S/C17H26N2O/c1-19(13-14-6-7-14)10-11-20-17-5-3-2-4-15(17)12-18-16-8-9-16/h2-5,14,16,18H,6-13H2,1H3. The topological polar surface area (TPSA) is 24.5 Å². The normalized spacial score (nSPS) is 18.5. The highest BCUT2D eigenvalue weighted by atomic mass is 16.5. The quantitative estimate of drug-likeness (QED) is 0.749. The summed E-state index contributed by atoms with van der Waals surface area (Å²) in [6.45, 7) is 3.96. The van der Waals surface area contributed by atoms with Crippen molar-refractivity contribution < 1.29 is 4.74 Å². The van der Waals surface area contributed by atoms with Crippen LogP contribution in [-0.2, 0) is 6.54 Å². The van der Waals surface area contributed by atoms with Gasteiger partial charge in [0.1, 0.15) is 12.4 Å². The molecule has 0 atom stereocenters. The minimum atomic E-state index is 0.743. The van der Waals surface area contributed by atoms with Crippen LogP contribution in [-0.4, -0.2) is 37.7 Å². The van der Waals surface area contributed by atoms with Gasteiger partial charge in [0.25, 0.3) is 0 Å². The molecule has 0 spiro atoms. The molecule has 2 fully saturated rings. The largest absolute Gasteiger partial charge is 0.492 e. The van der Waals surface area contributed by atoms with Gasteiger partial charge in [-0.1, -0.05) is 18.2 Å². The van der Waals surface area contributed by atoms with E-state index in [0.29, 0.717) is 0 Å². The van der Waals surface area contributed by atoms with E-state index in [4.69, 9.17) is 4.74 Å². The van der Waals surface area contributed by atoms with Crippen LogP contribution >= 0.6 is 0 Å². The van der Waals surface area contributed by atoms with E-state index in [1.165, 1.54) is 37.8 Å². The molecule has 0 saturated heterocycles. The van der Waals surface area contributed by atoms with Crippen LogP contribution in [0.25, 0.3) is 0 Å². The monoisotopic (exact) mass is 274 g/mol. The van der Waals surface area contributed by atoms with E-state index in [0.717, 1.165) is 37.4 Å². The van der Waals surface area contributed by atoms with Gasteiger partial charge in [-0.05, 0) is 44.7 Å². The van der Waals surface area contributed by atoms with Crippen LogP contribution in [0.2, 0.25) is 0 Å². The molecule has 1 N–H and O–H groups in total. The summed E-state index contributed by atoms with van der Waals surface area (Å²) in [4.78, 5) is 2.39. The van der Waals surface area contributed by atoms with Crippen molar-refractivity contribution in [3.05, 3.63) is 29.8 Å². The lowest BCUT2D eigenvalue weighted by Crippen LogP contribution is -2.26. The molecule has 1 aromatic rings. The van der Waals surface area contributed by atoms with Crippen molar-refractivity contribution in [2.24, 2.45) is 5.92 Å². The van der Waals surface area contributed by atoms with E-state index in [1.807, 2.05) is 0 Å². The Labute approximate surface area is 122 Å². The number of ether oxygens (including phenoxy) is 1. The van der Waals surface area contributed by atoms with Gasteiger partial charge in [-0.2, -0.15) is 0 Å². The zero-order valence-electron chi connectivity index (χ0n) is 12.5. The summed E-state index contributed by atoms with van der Waals surface area (Å²) < 4.78 is 5.98. The fraction of sp³-hybridized carbons (Fsp3) is 0.647. The van der Waals surface area contributed by atoms with Crippen LogP contribution in [0.3, 0.4) is 0 Å². The molecule has 2 aliphatic carbocycles. The highest BCUT2D eigenvalue weighted by molar-refractivity contribution is 5.33. The molecule has 3 rings (SSSR count). The average molecular weight is 274 g/mol. The summed E-state index contributed by atoms with van der Waals surface area (Å²) >= 11 is 0. The summed E-state index contributed by atoms with van der Waals surface area (Å²) in [5, 5.41) is 3.56. The molecule has 0 amide bonds. The van der Waals surface area contributed by atoms with Gasteiger partial charge in [-0.25, -0.2) is 0 Å². The second-order valence-electron chi connectivity index (χ2n) is 6.32. The minimum absolute atomic E-state index is 0.743. The van der Waals surface area contributed by atoms with Crippen molar-refractivity contribution in [1.29, 1.82) is 0 Å². The highest BCUT2D eigenvalue weighted by Crippen LogP contribution is 2.29. The maximum Gasteiger partial charge on any atom is 0.123 e. The third kappa shape index (κ3) is 4.50. The van der Waals surface area contributed by atoms with E-state index >= 15 is 0 Å². The number of hydrogen-bond donors (Lipinski definition) is 1. The van der Waals surface area contributed by atoms with E-state index < -0.39 is 0 Å². The number of para-hydroxylation sites is 1. The number of benzene rings is 1. The molecule has 3 heteroatoms. The van der Waals surface area contributed by atoms with Gasteiger partial charge in [0.2, 0.25) is 0 Å². The third-order valence-corrected chi connectivity index (χ3v) is 4.13. The SMILES string of the molecule is CN(CCOc1ccccc1CNC1CC1)CC1CC1. The molecule has 0 aromatic heterocycles. The molecule has 0 radical (unpaired) electrons. The van der Waals surface area contributed by atoms with E-state index in [9.17, 15) is 0 Å². The average Bonchev–Trinajstić information content (AvgIpc) is 3.33. The first kappa shape index (κ1) is 13.9. The lowest BCUT2D eigenvalue weighted by atomic mass is 10.2. The van der Waals surface area contributed by atoms with Gasteiger partial charge in [0.15, 0.2) is 0 Å². The first-order valence-electron chi connectivity index (χ1n) is 7.94. The lowest BCUT2D eigenvalue weighted by Gasteiger charge is -2.17. The Morgan fingerprint density at radius 3 is 2.75 bits per heavy atom. The molecular formula is C17H26N2O. The van der Waals surface area contributed by atoms with Crippen molar-refractivity contribution in [2.45, 2.75) is 38.3 Å². The van der Waals surface area contributed by atoms with E-state index in [2.05, 4.69) is 41.5 Å². The van der Waals surface area contributed by atoms with E-state index in [1.54, 1.807) is 0 Å². The maximum absolute atomic E-state index is 5.98. The molecule has 2 aliphatic rings. The summed E-state index contributed by atoms with van der Waals surface area (Å²) in [7, 11) is 2.20. The Morgan fingerprint density at radius 2 is 2.00 bits per heavy atom. The number of rotatable bonds is 9. The van der Waals surface area contributed by atoms with Crippen molar-refractivity contribution >= 4 is 0 Å². The smallest absolute Gasteiger partial charge is 0.123 e. The third-order valence-electron chi connectivity index (χ3n) is 4.13. The van der Waals surface area contributed by atoms with Crippen LogP contribution in [0.4, 0.5) is 0 Å². The zero-order valence-corrected chi connectivity index (χ0v) is 12.5. The number of likely N-dealkylation sites (N-methyl/N-ethyl adjacent to an activating group) is 1. The first-order chi connectivity index (χ1) is 9.81. The first-order valence-corrected chi connectivity index (χ1v) is 7.94. The Bertz CT molecular complexity index is 427. The summed E-state index contributed by atoms with van der Waals surface area (Å²) in [6, 6.07) is 9.15. The number of nitrogens with one attached hydrogen (secondary N) is 1. The molecule has 0 aliphatic heterocycles. The summed E-state index contributed by atoms with van der Waals surface area (Å²) in [6.07, 6.45) is 5.49. The molecule has 0 heterocycles. The van der Waals surface area contributed by atoms with E-state index in [-0.39, 0.29) is 0 Å². The molecule has 0 bridgehead atoms. The molecule has 3 nitrogen and oxygen atoms in total. The Kier molecular flexibility index (Phi) is 4.58. The zero-order chi connectivity index (χ0) is 13.8. The van der Waals surface area contributed by atoms with Crippen LogP contribution in [0, 0.1) is 5.92 Å². The summed E-state index contributed by atoms with van der Waals surface area (Å²) in [5.41, 5.74) is 1.28. The minimum Gasteiger partial charge on any atom is -0.492 e. The van der Waals surface area contributed by atoms with Crippen molar-refractivity contribution in [3.63, 3.8) is 0 Å². The van der Waals surface area contributed by atoms with Crippen molar-refractivity contribution in [3.8, 4) is 5.75 Å². The molecule has 0 unspecified atom stereocenters. The second kappa shape index (κ2) is 6.59. The molecule has 20 heavy (non-hydrogen) atoms. The van der Waals surface area contributed by atoms with Crippen LogP contribution in [0.5, 0.6) is 5.75 Å². The highest BCUT2D eigenvalue weighted by Gasteiger charge is 2.22. The van der Waals surface area contributed by atoms with Gasteiger partial charge in [-0.15, -0.1) is 0 Å². The fourth-order valence-electron chi connectivity index (χ4n) is 2.48. The fourth-order valence-corrected chi connectivity index (χ4v) is 2.48. The van der Waals surface area contributed by atoms with Crippen molar-refractivity contribution in [1.82, 2.24) is 10.2 Å². The van der Waals surface area contributed by atoms with Crippen molar-refractivity contribution in [2.75, 3.05) is 26.7 Å². The molecular weight excluding hydrogens is 248 g/mol. The van der Waals surface area contributed by atoms with Gasteiger partial charge < -0.3 is 15.0 Å². The molecule has 1 aromatic carbocycles. The predicted molar refractivity (Wildman–Crippen MR) is 82.0 cm³/mol. The number of nitrogens with zero attached hydrogens (tertiary/aromatic N) is 1. The van der Waals surface area contributed by atoms with Crippen LogP contribution < -0.4 is 10.1 Å². The predicted octanol–water partition coefficient (Wildman–Crippen LogP) is 2.66. The van der Waals surface area contributed by atoms with Crippen LogP contribution in [0.15, 0.2) is 24.3 Å².